The lowest BCUT2D eigenvalue weighted by molar-refractivity contribution is 0.1000. The van der Waals surface area contributed by atoms with Gasteiger partial charge in [-0.2, -0.15) is 0 Å². The van der Waals surface area contributed by atoms with Crippen LogP contribution in [0.3, 0.4) is 0 Å². The lowest BCUT2D eigenvalue weighted by Crippen LogP contribution is -2.11. The quantitative estimate of drug-likeness (QED) is 0.921. The number of benzene rings is 2. The first-order valence-corrected chi connectivity index (χ1v) is 6.70. The first-order chi connectivity index (χ1) is 9.08. The number of ether oxygens (including phenoxy) is 1. The molecule has 0 saturated heterocycles. The average Bonchev–Trinajstić information content (AvgIpc) is 2.39. The highest BCUT2D eigenvalue weighted by Gasteiger charge is 2.07. The smallest absolute Gasteiger partial charge is 0.248 e. The van der Waals surface area contributed by atoms with E-state index >= 15 is 0 Å². The van der Waals surface area contributed by atoms with Crippen LogP contribution < -0.4 is 10.5 Å². The largest absolute Gasteiger partial charge is 0.488 e. The van der Waals surface area contributed by atoms with Crippen molar-refractivity contribution in [3.8, 4) is 5.75 Å². The number of halogens is 2. The fourth-order valence-electron chi connectivity index (χ4n) is 1.53. The molecule has 0 fully saturated rings. The van der Waals surface area contributed by atoms with E-state index in [0.29, 0.717) is 17.2 Å². The molecule has 1 amide bonds. The molecule has 2 aromatic carbocycles. The van der Waals surface area contributed by atoms with Gasteiger partial charge in [0.15, 0.2) is 0 Å². The van der Waals surface area contributed by atoms with Crippen molar-refractivity contribution in [2.24, 2.45) is 5.73 Å². The van der Waals surface area contributed by atoms with E-state index in [4.69, 9.17) is 22.1 Å². The molecule has 0 aliphatic rings. The molecule has 3 nitrogen and oxygen atoms in total. The molecule has 0 aliphatic carbocycles. The van der Waals surface area contributed by atoms with Gasteiger partial charge in [0.1, 0.15) is 12.4 Å². The molecule has 5 heteroatoms. The lowest BCUT2D eigenvalue weighted by atomic mass is 10.1. The van der Waals surface area contributed by atoms with Crippen molar-refractivity contribution in [1.29, 1.82) is 0 Å². The van der Waals surface area contributed by atoms with Gasteiger partial charge in [0, 0.05) is 16.1 Å². The summed E-state index contributed by atoms with van der Waals surface area (Å²) in [5.41, 5.74) is 6.36. The normalized spacial score (nSPS) is 10.2. The van der Waals surface area contributed by atoms with E-state index in [9.17, 15) is 4.79 Å². The van der Waals surface area contributed by atoms with Crippen LogP contribution in [0, 0.1) is 0 Å². The number of para-hydroxylation sites is 1. The van der Waals surface area contributed by atoms with Crippen LogP contribution in [0.15, 0.2) is 46.9 Å². The number of nitrogens with two attached hydrogens (primary N) is 1. The monoisotopic (exact) mass is 339 g/mol. The zero-order valence-corrected chi connectivity index (χ0v) is 12.2. The van der Waals surface area contributed by atoms with Crippen LogP contribution in [0.5, 0.6) is 5.75 Å². The van der Waals surface area contributed by atoms with Gasteiger partial charge < -0.3 is 10.5 Å². The second-order valence-electron chi connectivity index (χ2n) is 3.89. The predicted molar refractivity (Wildman–Crippen MR) is 78.4 cm³/mol. The minimum atomic E-state index is -0.500. The van der Waals surface area contributed by atoms with Crippen molar-refractivity contribution in [3.63, 3.8) is 0 Å². The fourth-order valence-corrected chi connectivity index (χ4v) is 2.17. The van der Waals surface area contributed by atoms with Crippen LogP contribution in [0.25, 0.3) is 0 Å². The maximum atomic E-state index is 11.0. The molecule has 0 aliphatic heterocycles. The molecule has 2 aromatic rings. The Labute approximate surface area is 124 Å². The van der Waals surface area contributed by atoms with Crippen LogP contribution >= 0.6 is 27.5 Å². The van der Waals surface area contributed by atoms with Crippen LogP contribution in [0.2, 0.25) is 5.02 Å². The molecule has 0 radical (unpaired) electrons. The summed E-state index contributed by atoms with van der Waals surface area (Å²) in [6.07, 6.45) is 0. The Balaban J connectivity index is 2.12. The highest BCUT2D eigenvalue weighted by atomic mass is 79.9. The molecule has 2 rings (SSSR count). The first kappa shape index (κ1) is 13.9. The number of carbonyl (C=O) groups is 1. The third-order valence-corrected chi connectivity index (χ3v) is 3.56. The number of hydrogen-bond donors (Lipinski definition) is 1. The molecule has 0 atom stereocenters. The molecule has 19 heavy (non-hydrogen) atoms. The van der Waals surface area contributed by atoms with Crippen molar-refractivity contribution in [2.45, 2.75) is 6.61 Å². The molecule has 0 saturated carbocycles. The van der Waals surface area contributed by atoms with Crippen LogP contribution in [0.4, 0.5) is 0 Å². The maximum absolute atomic E-state index is 11.0. The van der Waals surface area contributed by atoms with Gasteiger partial charge >= 0.3 is 0 Å². The van der Waals surface area contributed by atoms with E-state index < -0.39 is 5.91 Å². The van der Waals surface area contributed by atoms with Gasteiger partial charge in [0.05, 0.1) is 4.47 Å². The zero-order chi connectivity index (χ0) is 13.8. The Bertz CT molecular complexity index is 616. The Hall–Kier alpha value is -1.52. The van der Waals surface area contributed by atoms with Gasteiger partial charge in [-0.3, -0.25) is 4.79 Å². The summed E-state index contributed by atoms with van der Waals surface area (Å²) in [5, 5.41) is 0.461. The van der Waals surface area contributed by atoms with Crippen LogP contribution in [-0.2, 0) is 6.61 Å². The summed E-state index contributed by atoms with van der Waals surface area (Å²) < 4.78 is 6.53. The maximum Gasteiger partial charge on any atom is 0.248 e. The SMILES string of the molecule is NC(=O)c1ccc(COc2ccccc2Br)c(Cl)c1. The molecule has 0 aromatic heterocycles. The molecule has 0 heterocycles. The van der Waals surface area contributed by atoms with Gasteiger partial charge in [-0.15, -0.1) is 0 Å². The van der Waals surface area contributed by atoms with Gasteiger partial charge in [-0.05, 0) is 40.2 Å². The zero-order valence-electron chi connectivity index (χ0n) is 9.90. The minimum Gasteiger partial charge on any atom is -0.488 e. The Kier molecular flexibility index (Phi) is 4.45. The van der Waals surface area contributed by atoms with E-state index in [-0.39, 0.29) is 0 Å². The molecular formula is C14H11BrClNO2. The average molecular weight is 341 g/mol. The summed E-state index contributed by atoms with van der Waals surface area (Å²) in [7, 11) is 0. The molecular weight excluding hydrogens is 330 g/mol. The standard InChI is InChI=1S/C14H11BrClNO2/c15-11-3-1-2-4-13(11)19-8-10-6-5-9(14(17)18)7-12(10)16/h1-7H,8H2,(H2,17,18). The van der Waals surface area contributed by atoms with Crippen molar-refractivity contribution in [1.82, 2.24) is 0 Å². The second kappa shape index (κ2) is 6.08. The summed E-state index contributed by atoms with van der Waals surface area (Å²) in [4.78, 5) is 11.0. The number of amides is 1. The number of carbonyl (C=O) groups excluding carboxylic acids is 1. The minimum absolute atomic E-state index is 0.320. The van der Waals surface area contributed by atoms with Gasteiger partial charge in [-0.1, -0.05) is 29.8 Å². The third kappa shape index (κ3) is 3.49. The number of primary amides is 1. The van der Waals surface area contributed by atoms with E-state index in [1.54, 1.807) is 18.2 Å². The van der Waals surface area contributed by atoms with Crippen molar-refractivity contribution in [3.05, 3.63) is 63.1 Å². The Morgan fingerprint density at radius 1 is 1.26 bits per heavy atom. The van der Waals surface area contributed by atoms with Crippen molar-refractivity contribution < 1.29 is 9.53 Å². The summed E-state index contributed by atoms with van der Waals surface area (Å²) >= 11 is 9.48. The lowest BCUT2D eigenvalue weighted by Gasteiger charge is -2.09. The molecule has 0 unspecified atom stereocenters. The Morgan fingerprint density at radius 2 is 2.00 bits per heavy atom. The molecule has 98 valence electrons. The highest BCUT2D eigenvalue weighted by molar-refractivity contribution is 9.10. The molecule has 2 N–H and O–H groups in total. The second-order valence-corrected chi connectivity index (χ2v) is 5.15. The summed E-state index contributed by atoms with van der Waals surface area (Å²) in [6, 6.07) is 12.5. The first-order valence-electron chi connectivity index (χ1n) is 5.53. The van der Waals surface area contributed by atoms with Gasteiger partial charge in [0.25, 0.3) is 0 Å². The third-order valence-electron chi connectivity index (χ3n) is 2.56. The van der Waals surface area contributed by atoms with E-state index in [1.807, 2.05) is 24.3 Å². The van der Waals surface area contributed by atoms with E-state index in [0.717, 1.165) is 15.8 Å². The van der Waals surface area contributed by atoms with Gasteiger partial charge in [0.2, 0.25) is 5.91 Å². The fraction of sp³-hybridized carbons (Fsp3) is 0.0714. The predicted octanol–water partition coefficient (Wildman–Crippen LogP) is 3.78. The van der Waals surface area contributed by atoms with Crippen molar-refractivity contribution in [2.75, 3.05) is 0 Å². The number of hydrogen-bond acceptors (Lipinski definition) is 2. The van der Waals surface area contributed by atoms with E-state index in [1.165, 1.54) is 0 Å². The molecule has 0 spiro atoms. The summed E-state index contributed by atoms with van der Waals surface area (Å²) in [6.45, 7) is 0.320. The van der Waals surface area contributed by atoms with Crippen LogP contribution in [-0.4, -0.2) is 5.91 Å². The highest BCUT2D eigenvalue weighted by Crippen LogP contribution is 2.26. The Morgan fingerprint density at radius 3 is 2.63 bits per heavy atom. The topological polar surface area (TPSA) is 52.3 Å². The number of rotatable bonds is 4. The summed E-state index contributed by atoms with van der Waals surface area (Å²) in [5.74, 6) is 0.234. The van der Waals surface area contributed by atoms with Crippen molar-refractivity contribution >= 4 is 33.4 Å². The van der Waals surface area contributed by atoms with Gasteiger partial charge in [-0.25, -0.2) is 0 Å². The van der Waals surface area contributed by atoms with E-state index in [2.05, 4.69) is 15.9 Å². The molecule has 0 bridgehead atoms. The van der Waals surface area contributed by atoms with Crippen LogP contribution in [0.1, 0.15) is 15.9 Å².